The number of hydrogen-bond donors (Lipinski definition) is 2. The van der Waals surface area contributed by atoms with Crippen LogP contribution in [0.2, 0.25) is 0 Å². The summed E-state index contributed by atoms with van der Waals surface area (Å²) in [6, 6.07) is 9.68. The molecule has 5 rings (SSSR count). The van der Waals surface area contributed by atoms with Crippen LogP contribution in [0.3, 0.4) is 0 Å². The number of benzene rings is 2. The highest BCUT2D eigenvalue weighted by molar-refractivity contribution is 6.32. The summed E-state index contributed by atoms with van der Waals surface area (Å²) in [6.07, 6.45) is -0.271. The fourth-order valence-corrected chi connectivity index (χ4v) is 8.50. The number of phenolic OH excluding ortho intramolecular Hbond substituents is 1. The van der Waals surface area contributed by atoms with Gasteiger partial charge in [0.25, 0.3) is 0 Å². The molecule has 9 heteroatoms. The molecule has 2 saturated carbocycles. The van der Waals surface area contributed by atoms with E-state index >= 15 is 0 Å². The maximum atomic E-state index is 14.4. The molecule has 0 amide bonds. The van der Waals surface area contributed by atoms with E-state index in [9.17, 15) is 39.0 Å². The van der Waals surface area contributed by atoms with Gasteiger partial charge in [-0.05, 0) is 79.8 Å². The summed E-state index contributed by atoms with van der Waals surface area (Å²) in [4.78, 5) is 81.4. The van der Waals surface area contributed by atoms with Crippen molar-refractivity contribution >= 4 is 34.9 Å². The molecule has 0 aromatic heterocycles. The zero-order valence-corrected chi connectivity index (χ0v) is 26.0. The molecular weight excluding hydrogens is 564 g/mol. The van der Waals surface area contributed by atoms with Crippen molar-refractivity contribution in [1.82, 2.24) is 0 Å². The van der Waals surface area contributed by atoms with Crippen LogP contribution in [-0.4, -0.2) is 56.8 Å². The number of phenols is 1. The van der Waals surface area contributed by atoms with Gasteiger partial charge in [-0.3, -0.25) is 24.0 Å². The number of carbonyl (C=O) groups excluding carboxylic acids is 6. The summed E-state index contributed by atoms with van der Waals surface area (Å²) < 4.78 is 5.34. The summed E-state index contributed by atoms with van der Waals surface area (Å²) in [5.74, 6) is -9.95. The number of Topliss-reactive ketones (excluding diaryl/α,β-unsaturated/α-hetero) is 5. The molecule has 2 aromatic rings. The molecule has 0 bridgehead atoms. The Morgan fingerprint density at radius 1 is 0.977 bits per heavy atom. The standard InChI is InChI=1S/C35H38O9/c1-16(2)26-28(38)24(18(5)36)30(40)35(43)31(41)27-29(39)25-22(14-33(27,6)15-34(26,35)7)21(11-12-23(25)37)19-9-8-10-20(13-19)32(42)44-17(3)4/h8-13,16-17,24,26-27,37,43H,14-15H2,1-7H3/t24?,26?,27?,33-,34-,35+/m1/s1. The smallest absolute Gasteiger partial charge is 0.338 e. The average Bonchev–Trinajstić information content (AvgIpc) is 2.90. The average molecular weight is 603 g/mol. The minimum Gasteiger partial charge on any atom is -0.507 e. The van der Waals surface area contributed by atoms with Gasteiger partial charge in [-0.2, -0.15) is 0 Å². The van der Waals surface area contributed by atoms with E-state index in [1.165, 1.54) is 13.0 Å². The second kappa shape index (κ2) is 10.3. The maximum Gasteiger partial charge on any atom is 0.338 e. The Bertz CT molecular complexity index is 1650. The van der Waals surface area contributed by atoms with Gasteiger partial charge in [0.1, 0.15) is 17.5 Å². The predicted octanol–water partition coefficient (Wildman–Crippen LogP) is 4.33. The van der Waals surface area contributed by atoms with Crippen molar-refractivity contribution in [2.45, 2.75) is 73.0 Å². The SMILES string of the molecule is CC(=O)C1C(=O)C(C(C)C)[C@@]2(C)C[C@@]3(C)Cc4c(-c5cccc(C(=O)OC(C)C)c5)ccc(O)c4C(=O)C3C(=O)[C@@]2(O)C1=O. The van der Waals surface area contributed by atoms with Crippen LogP contribution < -0.4 is 0 Å². The van der Waals surface area contributed by atoms with E-state index in [-0.39, 0.29) is 30.3 Å². The fourth-order valence-electron chi connectivity index (χ4n) is 8.50. The summed E-state index contributed by atoms with van der Waals surface area (Å²) in [5, 5.41) is 23.1. The molecule has 3 aliphatic carbocycles. The molecule has 0 aliphatic heterocycles. The lowest BCUT2D eigenvalue weighted by molar-refractivity contribution is -0.205. The van der Waals surface area contributed by atoms with Crippen molar-refractivity contribution in [1.29, 1.82) is 0 Å². The van der Waals surface area contributed by atoms with Crippen LogP contribution in [0, 0.1) is 34.5 Å². The number of ketones is 5. The molecule has 2 N–H and O–H groups in total. The van der Waals surface area contributed by atoms with Crippen LogP contribution in [0.15, 0.2) is 36.4 Å². The highest BCUT2D eigenvalue weighted by atomic mass is 16.5. The van der Waals surface area contributed by atoms with Gasteiger partial charge in [-0.1, -0.05) is 45.9 Å². The first-order valence-electron chi connectivity index (χ1n) is 15.0. The Kier molecular flexibility index (Phi) is 7.36. The Hall–Kier alpha value is -3.98. The van der Waals surface area contributed by atoms with Crippen LogP contribution >= 0.6 is 0 Å². The van der Waals surface area contributed by atoms with Crippen molar-refractivity contribution < 1.29 is 43.7 Å². The van der Waals surface area contributed by atoms with Gasteiger partial charge in [-0.15, -0.1) is 0 Å². The highest BCUT2D eigenvalue weighted by Crippen LogP contribution is 2.64. The number of aromatic hydroxyl groups is 1. The van der Waals surface area contributed by atoms with E-state index in [0.29, 0.717) is 22.3 Å². The number of esters is 1. The van der Waals surface area contributed by atoms with Crippen LogP contribution in [0.5, 0.6) is 5.75 Å². The van der Waals surface area contributed by atoms with E-state index in [2.05, 4.69) is 0 Å². The first kappa shape index (κ1) is 31.4. The number of ether oxygens (including phenoxy) is 1. The molecular formula is C35H38O9. The molecule has 3 aliphatic rings. The van der Waals surface area contributed by atoms with Crippen molar-refractivity contribution in [2.75, 3.05) is 0 Å². The first-order valence-corrected chi connectivity index (χ1v) is 15.0. The highest BCUT2D eigenvalue weighted by Gasteiger charge is 2.76. The fraction of sp³-hybridized carbons (Fsp3) is 0.486. The molecule has 0 heterocycles. The molecule has 2 fully saturated rings. The third kappa shape index (κ3) is 4.23. The lowest BCUT2D eigenvalue weighted by Gasteiger charge is -2.61. The predicted molar refractivity (Wildman–Crippen MR) is 159 cm³/mol. The van der Waals surface area contributed by atoms with Gasteiger partial charge < -0.3 is 14.9 Å². The minimum atomic E-state index is -2.75. The number of carbonyl (C=O) groups is 6. The molecule has 232 valence electrons. The van der Waals surface area contributed by atoms with Gasteiger partial charge in [0.2, 0.25) is 0 Å². The second-order valence-electron chi connectivity index (χ2n) is 13.8. The molecule has 0 spiro atoms. The van der Waals surface area contributed by atoms with E-state index in [0.717, 1.165) is 6.92 Å². The van der Waals surface area contributed by atoms with Crippen molar-refractivity contribution in [3.05, 3.63) is 53.1 Å². The zero-order valence-electron chi connectivity index (χ0n) is 26.0. The first-order chi connectivity index (χ1) is 20.4. The Morgan fingerprint density at radius 2 is 1.64 bits per heavy atom. The number of rotatable bonds is 5. The van der Waals surface area contributed by atoms with Gasteiger partial charge in [0.15, 0.2) is 28.7 Å². The van der Waals surface area contributed by atoms with Gasteiger partial charge in [-0.25, -0.2) is 4.79 Å². The Labute approximate surface area is 256 Å². The summed E-state index contributed by atoms with van der Waals surface area (Å²) in [6.45, 7) is 11.3. The van der Waals surface area contributed by atoms with Crippen molar-refractivity contribution in [2.24, 2.45) is 34.5 Å². The summed E-state index contributed by atoms with van der Waals surface area (Å²) >= 11 is 0. The largest absolute Gasteiger partial charge is 0.507 e. The topological polar surface area (TPSA) is 152 Å². The van der Waals surface area contributed by atoms with E-state index in [1.54, 1.807) is 65.0 Å². The quantitative estimate of drug-likeness (QED) is 0.376. The maximum absolute atomic E-state index is 14.4. The van der Waals surface area contributed by atoms with Crippen LogP contribution in [-0.2, 0) is 30.3 Å². The van der Waals surface area contributed by atoms with E-state index in [1.807, 2.05) is 0 Å². The van der Waals surface area contributed by atoms with Gasteiger partial charge >= 0.3 is 5.97 Å². The number of fused-ring (bicyclic) bond motifs is 3. The molecule has 0 radical (unpaired) electrons. The molecule has 44 heavy (non-hydrogen) atoms. The van der Waals surface area contributed by atoms with Crippen LogP contribution in [0.1, 0.15) is 81.2 Å². The number of hydrogen-bond acceptors (Lipinski definition) is 9. The third-order valence-electron chi connectivity index (χ3n) is 10.0. The van der Waals surface area contributed by atoms with Crippen LogP contribution in [0.25, 0.3) is 11.1 Å². The molecule has 6 atom stereocenters. The normalized spacial score (nSPS) is 31.5. The second-order valence-corrected chi connectivity index (χ2v) is 13.8. The molecule has 0 saturated heterocycles. The monoisotopic (exact) mass is 602 g/mol. The molecule has 9 nitrogen and oxygen atoms in total. The van der Waals surface area contributed by atoms with Crippen molar-refractivity contribution in [3.63, 3.8) is 0 Å². The lowest BCUT2D eigenvalue weighted by Crippen LogP contribution is -2.76. The number of aliphatic hydroxyl groups is 1. The minimum absolute atomic E-state index is 0.0428. The molecule has 2 aromatic carbocycles. The lowest BCUT2D eigenvalue weighted by atomic mass is 9.40. The van der Waals surface area contributed by atoms with Crippen LogP contribution in [0.4, 0.5) is 0 Å². The van der Waals surface area contributed by atoms with E-state index in [4.69, 9.17) is 4.74 Å². The van der Waals surface area contributed by atoms with E-state index < -0.39 is 75.0 Å². The Morgan fingerprint density at radius 3 is 2.23 bits per heavy atom. The summed E-state index contributed by atoms with van der Waals surface area (Å²) in [7, 11) is 0. The zero-order chi connectivity index (χ0) is 32.7. The molecule has 3 unspecified atom stereocenters. The third-order valence-corrected chi connectivity index (χ3v) is 10.0. The van der Waals surface area contributed by atoms with Crippen molar-refractivity contribution in [3.8, 4) is 16.9 Å². The van der Waals surface area contributed by atoms with Gasteiger partial charge in [0.05, 0.1) is 23.1 Å². The van der Waals surface area contributed by atoms with Gasteiger partial charge in [0, 0.05) is 11.3 Å². The Balaban J connectivity index is 1.69. The summed E-state index contributed by atoms with van der Waals surface area (Å²) in [5.41, 5.74) is -3.68.